The van der Waals surface area contributed by atoms with Gasteiger partial charge in [0.15, 0.2) is 5.78 Å². The fourth-order valence-corrected chi connectivity index (χ4v) is 5.90. The summed E-state index contributed by atoms with van der Waals surface area (Å²) in [5.74, 6) is -0.0194. The van der Waals surface area contributed by atoms with E-state index in [2.05, 4.69) is 15.5 Å². The van der Waals surface area contributed by atoms with Crippen LogP contribution in [0.3, 0.4) is 0 Å². The largest absolute Gasteiger partial charge is 0.353 e. The number of piperidine rings is 1. The van der Waals surface area contributed by atoms with Crippen LogP contribution in [0.5, 0.6) is 0 Å². The third-order valence-electron chi connectivity index (χ3n) is 6.51. The molecule has 0 unspecified atom stereocenters. The minimum Gasteiger partial charge on any atom is -0.353 e. The zero-order valence-corrected chi connectivity index (χ0v) is 20.3. The number of aryl methyl sites for hydroxylation is 1. The second-order valence-corrected chi connectivity index (χ2v) is 10.5. The summed E-state index contributed by atoms with van der Waals surface area (Å²) in [5, 5.41) is 6.86. The molecule has 1 aliphatic heterocycles. The van der Waals surface area contributed by atoms with E-state index in [-0.39, 0.29) is 29.6 Å². The van der Waals surface area contributed by atoms with Crippen molar-refractivity contribution < 1.29 is 14.4 Å². The molecule has 4 rings (SSSR count). The molecular formula is C26H33N3O3S. The van der Waals surface area contributed by atoms with Gasteiger partial charge in [0.1, 0.15) is 5.00 Å². The van der Waals surface area contributed by atoms with E-state index in [1.807, 2.05) is 44.2 Å². The first-order valence-corrected chi connectivity index (χ1v) is 12.8. The highest BCUT2D eigenvalue weighted by atomic mass is 32.1. The van der Waals surface area contributed by atoms with Crippen molar-refractivity contribution in [2.75, 3.05) is 25.0 Å². The molecule has 6 nitrogen and oxygen atoms in total. The SMILES string of the molecule is CC(C)C(=O)NC1CCN(CC(=O)Nc2sc3c(c2C(=O)c2ccccc2)CCCC3)CC1. The van der Waals surface area contributed by atoms with Gasteiger partial charge < -0.3 is 10.6 Å². The quantitative estimate of drug-likeness (QED) is 0.603. The summed E-state index contributed by atoms with van der Waals surface area (Å²) in [6, 6.07) is 9.50. The molecule has 1 aromatic heterocycles. The van der Waals surface area contributed by atoms with Crippen LogP contribution in [0.25, 0.3) is 0 Å². The van der Waals surface area contributed by atoms with Crippen molar-refractivity contribution >= 4 is 33.9 Å². The standard InChI is InChI=1S/C26H33N3O3S/c1-17(2)25(32)27-19-12-14-29(15-13-19)16-22(30)28-26-23(20-10-6-7-11-21(20)33-26)24(31)18-8-4-3-5-9-18/h3-5,8-9,17,19H,6-7,10-16H2,1-2H3,(H,27,32)(H,28,30). The van der Waals surface area contributed by atoms with Crippen molar-refractivity contribution in [1.82, 2.24) is 10.2 Å². The predicted molar refractivity (Wildman–Crippen MR) is 132 cm³/mol. The summed E-state index contributed by atoms with van der Waals surface area (Å²) in [7, 11) is 0. The van der Waals surface area contributed by atoms with E-state index < -0.39 is 0 Å². The number of likely N-dealkylation sites (tertiary alicyclic amines) is 1. The highest BCUT2D eigenvalue weighted by molar-refractivity contribution is 7.17. The third-order valence-corrected chi connectivity index (χ3v) is 7.72. The summed E-state index contributed by atoms with van der Waals surface area (Å²) < 4.78 is 0. The van der Waals surface area contributed by atoms with E-state index in [0.717, 1.165) is 57.2 Å². The highest BCUT2D eigenvalue weighted by Crippen LogP contribution is 2.39. The van der Waals surface area contributed by atoms with Crippen LogP contribution in [0.2, 0.25) is 0 Å². The highest BCUT2D eigenvalue weighted by Gasteiger charge is 2.28. The molecule has 1 aliphatic carbocycles. The lowest BCUT2D eigenvalue weighted by atomic mass is 9.92. The average Bonchev–Trinajstić information content (AvgIpc) is 3.17. The number of thiophene rings is 1. The molecule has 0 radical (unpaired) electrons. The Morgan fingerprint density at radius 3 is 2.45 bits per heavy atom. The maximum Gasteiger partial charge on any atom is 0.239 e. The molecule has 1 saturated heterocycles. The van der Waals surface area contributed by atoms with E-state index in [4.69, 9.17) is 0 Å². The second-order valence-electron chi connectivity index (χ2n) is 9.37. The van der Waals surface area contributed by atoms with E-state index in [1.165, 1.54) is 4.88 Å². The van der Waals surface area contributed by atoms with Crippen LogP contribution in [0.4, 0.5) is 5.00 Å². The number of anilines is 1. The van der Waals surface area contributed by atoms with Crippen LogP contribution in [-0.4, -0.2) is 48.2 Å². The summed E-state index contributed by atoms with van der Waals surface area (Å²) in [6.07, 6.45) is 5.76. The molecule has 33 heavy (non-hydrogen) atoms. The minimum atomic E-state index is -0.0830. The minimum absolute atomic E-state index is 0.00740. The first-order valence-electron chi connectivity index (χ1n) is 12.0. The Morgan fingerprint density at radius 2 is 1.76 bits per heavy atom. The van der Waals surface area contributed by atoms with E-state index in [0.29, 0.717) is 22.7 Å². The van der Waals surface area contributed by atoms with Gasteiger partial charge in [-0.15, -0.1) is 11.3 Å². The van der Waals surface area contributed by atoms with Crippen molar-refractivity contribution in [3.63, 3.8) is 0 Å². The number of benzene rings is 1. The lowest BCUT2D eigenvalue weighted by Gasteiger charge is -2.32. The number of ketones is 1. The Hall–Kier alpha value is -2.51. The summed E-state index contributed by atoms with van der Waals surface area (Å²) in [4.78, 5) is 41.6. The van der Waals surface area contributed by atoms with Gasteiger partial charge in [-0.25, -0.2) is 0 Å². The molecule has 2 aromatic rings. The number of hydrogen-bond acceptors (Lipinski definition) is 5. The molecule has 2 amide bonds. The van der Waals surface area contributed by atoms with Gasteiger partial charge in [0, 0.05) is 35.5 Å². The van der Waals surface area contributed by atoms with Gasteiger partial charge in [0.05, 0.1) is 12.1 Å². The third kappa shape index (κ3) is 5.71. The molecule has 7 heteroatoms. The number of nitrogens with zero attached hydrogens (tertiary/aromatic N) is 1. The maximum absolute atomic E-state index is 13.4. The first-order chi connectivity index (χ1) is 15.9. The number of rotatable bonds is 7. The van der Waals surface area contributed by atoms with Gasteiger partial charge in [-0.3, -0.25) is 19.3 Å². The van der Waals surface area contributed by atoms with Crippen LogP contribution >= 0.6 is 11.3 Å². The number of carbonyl (C=O) groups is 3. The Bertz CT molecular complexity index is 1010. The molecule has 0 bridgehead atoms. The number of carbonyl (C=O) groups excluding carboxylic acids is 3. The maximum atomic E-state index is 13.4. The van der Waals surface area contributed by atoms with Gasteiger partial charge >= 0.3 is 0 Å². The average molecular weight is 468 g/mol. The predicted octanol–water partition coefficient (Wildman–Crippen LogP) is 4.03. The molecule has 176 valence electrons. The Labute approximate surface area is 199 Å². The summed E-state index contributed by atoms with van der Waals surface area (Å²) >= 11 is 1.57. The lowest BCUT2D eigenvalue weighted by molar-refractivity contribution is -0.125. The zero-order chi connectivity index (χ0) is 23.4. The number of fused-ring (bicyclic) bond motifs is 1. The van der Waals surface area contributed by atoms with Crippen molar-refractivity contribution in [1.29, 1.82) is 0 Å². The fourth-order valence-electron chi connectivity index (χ4n) is 4.60. The molecular weight excluding hydrogens is 434 g/mol. The molecule has 2 aliphatic rings. The number of nitrogens with one attached hydrogen (secondary N) is 2. The first kappa shape index (κ1) is 23.6. The topological polar surface area (TPSA) is 78.5 Å². The van der Waals surface area contributed by atoms with Crippen molar-refractivity contribution in [3.05, 3.63) is 51.9 Å². The van der Waals surface area contributed by atoms with Crippen LogP contribution < -0.4 is 10.6 Å². The summed E-state index contributed by atoms with van der Waals surface area (Å²) in [5.41, 5.74) is 2.46. The van der Waals surface area contributed by atoms with Gasteiger partial charge in [-0.2, -0.15) is 0 Å². The van der Waals surface area contributed by atoms with Gasteiger partial charge in [-0.1, -0.05) is 44.2 Å². The second kappa shape index (κ2) is 10.6. The molecule has 0 spiro atoms. The monoisotopic (exact) mass is 467 g/mol. The molecule has 0 saturated carbocycles. The van der Waals surface area contributed by atoms with E-state index in [1.54, 1.807) is 11.3 Å². The van der Waals surface area contributed by atoms with Gasteiger partial charge in [0.25, 0.3) is 0 Å². The van der Waals surface area contributed by atoms with E-state index in [9.17, 15) is 14.4 Å². The number of amides is 2. The molecule has 2 N–H and O–H groups in total. The van der Waals surface area contributed by atoms with Crippen molar-refractivity contribution in [2.24, 2.45) is 5.92 Å². The smallest absolute Gasteiger partial charge is 0.239 e. The normalized spacial score (nSPS) is 16.9. The number of hydrogen-bond donors (Lipinski definition) is 2. The Balaban J connectivity index is 1.41. The van der Waals surface area contributed by atoms with Gasteiger partial charge in [-0.05, 0) is 44.1 Å². The molecule has 1 aromatic carbocycles. The fraction of sp³-hybridized carbons (Fsp3) is 0.500. The van der Waals surface area contributed by atoms with Crippen LogP contribution in [0.15, 0.2) is 30.3 Å². The zero-order valence-electron chi connectivity index (χ0n) is 19.5. The molecule has 0 atom stereocenters. The Kier molecular flexibility index (Phi) is 7.60. The molecule has 2 heterocycles. The summed E-state index contributed by atoms with van der Waals surface area (Å²) in [6.45, 7) is 5.63. The van der Waals surface area contributed by atoms with Gasteiger partial charge in [0.2, 0.25) is 11.8 Å². The van der Waals surface area contributed by atoms with Crippen molar-refractivity contribution in [2.45, 2.75) is 58.4 Å². The Morgan fingerprint density at radius 1 is 1.06 bits per heavy atom. The lowest BCUT2D eigenvalue weighted by Crippen LogP contribution is -2.47. The van der Waals surface area contributed by atoms with E-state index >= 15 is 0 Å². The van der Waals surface area contributed by atoms with Crippen molar-refractivity contribution in [3.8, 4) is 0 Å². The van der Waals surface area contributed by atoms with Crippen LogP contribution in [-0.2, 0) is 22.4 Å². The molecule has 1 fully saturated rings. The van der Waals surface area contributed by atoms with Crippen LogP contribution in [0.1, 0.15) is 65.9 Å². The van der Waals surface area contributed by atoms with Crippen LogP contribution in [0, 0.1) is 5.92 Å².